The predicted molar refractivity (Wildman–Crippen MR) is 116 cm³/mol. The summed E-state index contributed by atoms with van der Waals surface area (Å²) < 4.78 is 10.9. The van der Waals surface area contributed by atoms with E-state index in [0.717, 1.165) is 16.2 Å². The van der Waals surface area contributed by atoms with Gasteiger partial charge < -0.3 is 14.4 Å². The maximum atomic E-state index is 13.1. The van der Waals surface area contributed by atoms with Gasteiger partial charge in [-0.15, -0.1) is 0 Å². The molecule has 1 heterocycles. The Kier molecular flexibility index (Phi) is 6.63. The van der Waals surface area contributed by atoms with E-state index in [1.54, 1.807) is 38.4 Å². The fraction of sp³-hybridized carbons (Fsp3) is 0.375. The Balaban J connectivity index is 1.71. The Morgan fingerprint density at radius 3 is 2.23 bits per heavy atom. The molecule has 1 saturated heterocycles. The number of aryl methyl sites for hydroxylation is 1. The molecule has 0 spiro atoms. The van der Waals surface area contributed by atoms with Gasteiger partial charge in [0, 0.05) is 26.9 Å². The second kappa shape index (κ2) is 9.20. The summed E-state index contributed by atoms with van der Waals surface area (Å²) in [4.78, 5) is 41.0. The second-order valence-electron chi connectivity index (χ2n) is 7.90. The molecule has 31 heavy (non-hydrogen) atoms. The summed E-state index contributed by atoms with van der Waals surface area (Å²) in [5.41, 5.74) is 0.569. The molecule has 0 aromatic heterocycles. The fourth-order valence-electron chi connectivity index (χ4n) is 3.72. The molecule has 1 unspecified atom stereocenters. The monoisotopic (exact) mass is 424 g/mol. The van der Waals surface area contributed by atoms with E-state index in [1.807, 2.05) is 31.2 Å². The summed E-state index contributed by atoms with van der Waals surface area (Å²) in [5.74, 6) is 0.499. The lowest BCUT2D eigenvalue weighted by Gasteiger charge is -2.29. The van der Waals surface area contributed by atoms with Crippen molar-refractivity contribution in [2.75, 3.05) is 34.4 Å². The zero-order chi connectivity index (χ0) is 22.6. The molecule has 164 valence electrons. The standard InChI is InChI=1S/C24H28N2O5/c1-17-5-9-20(10-6-17)31-14-13-25(2)21(27)15-24(16-22(28)26(3)23(24)29)18-7-11-19(30-4)12-8-18/h5-12H,13-16H2,1-4H3. The van der Waals surface area contributed by atoms with Crippen LogP contribution in [0.5, 0.6) is 11.5 Å². The highest BCUT2D eigenvalue weighted by molar-refractivity contribution is 6.10. The first-order chi connectivity index (χ1) is 14.8. The third-order valence-electron chi connectivity index (χ3n) is 5.78. The third-order valence-corrected chi connectivity index (χ3v) is 5.78. The lowest BCUT2D eigenvalue weighted by atomic mass is 9.75. The van der Waals surface area contributed by atoms with Crippen LogP contribution in [-0.4, -0.2) is 61.9 Å². The molecular weight excluding hydrogens is 396 g/mol. The fourth-order valence-corrected chi connectivity index (χ4v) is 3.72. The van der Waals surface area contributed by atoms with Crippen LogP contribution in [0, 0.1) is 6.92 Å². The molecule has 3 rings (SSSR count). The van der Waals surface area contributed by atoms with E-state index in [2.05, 4.69) is 0 Å². The third kappa shape index (κ3) is 4.71. The van der Waals surface area contributed by atoms with Crippen molar-refractivity contribution >= 4 is 17.7 Å². The van der Waals surface area contributed by atoms with Gasteiger partial charge in [0.2, 0.25) is 17.7 Å². The maximum absolute atomic E-state index is 13.1. The molecular formula is C24H28N2O5. The van der Waals surface area contributed by atoms with Crippen molar-refractivity contribution in [2.45, 2.75) is 25.2 Å². The highest BCUT2D eigenvalue weighted by Gasteiger charge is 2.52. The van der Waals surface area contributed by atoms with Crippen LogP contribution in [-0.2, 0) is 19.8 Å². The van der Waals surface area contributed by atoms with Crippen molar-refractivity contribution < 1.29 is 23.9 Å². The minimum atomic E-state index is -1.21. The van der Waals surface area contributed by atoms with E-state index < -0.39 is 5.41 Å². The van der Waals surface area contributed by atoms with Crippen molar-refractivity contribution in [3.8, 4) is 11.5 Å². The van der Waals surface area contributed by atoms with Gasteiger partial charge in [0.15, 0.2) is 0 Å². The highest BCUT2D eigenvalue weighted by Crippen LogP contribution is 2.40. The summed E-state index contributed by atoms with van der Waals surface area (Å²) in [6.45, 7) is 2.69. The first-order valence-corrected chi connectivity index (χ1v) is 10.2. The molecule has 2 aromatic carbocycles. The minimum absolute atomic E-state index is 0.0336. The van der Waals surface area contributed by atoms with Crippen molar-refractivity contribution in [3.05, 3.63) is 59.7 Å². The number of ether oxygens (including phenoxy) is 2. The van der Waals surface area contributed by atoms with Gasteiger partial charge >= 0.3 is 0 Å². The number of hydrogen-bond donors (Lipinski definition) is 0. The Morgan fingerprint density at radius 1 is 1.06 bits per heavy atom. The van der Waals surface area contributed by atoms with Gasteiger partial charge in [0.25, 0.3) is 0 Å². The molecule has 1 atom stereocenters. The van der Waals surface area contributed by atoms with Crippen LogP contribution >= 0.6 is 0 Å². The normalized spacial score (nSPS) is 18.3. The lowest BCUT2D eigenvalue weighted by Crippen LogP contribution is -2.42. The van der Waals surface area contributed by atoms with Gasteiger partial charge in [-0.05, 0) is 36.8 Å². The molecule has 7 nitrogen and oxygen atoms in total. The summed E-state index contributed by atoms with van der Waals surface area (Å²) in [6.07, 6.45) is -0.122. The number of carbonyl (C=O) groups excluding carboxylic acids is 3. The van der Waals surface area contributed by atoms with E-state index in [4.69, 9.17) is 9.47 Å². The van der Waals surface area contributed by atoms with Crippen molar-refractivity contribution in [1.29, 1.82) is 0 Å². The van der Waals surface area contributed by atoms with Crippen LogP contribution in [0.25, 0.3) is 0 Å². The molecule has 0 saturated carbocycles. The van der Waals surface area contributed by atoms with E-state index in [1.165, 1.54) is 11.9 Å². The molecule has 1 aliphatic rings. The van der Waals surface area contributed by atoms with E-state index in [0.29, 0.717) is 24.5 Å². The van der Waals surface area contributed by atoms with Gasteiger partial charge in [-0.3, -0.25) is 19.3 Å². The van der Waals surface area contributed by atoms with Crippen molar-refractivity contribution in [2.24, 2.45) is 0 Å². The average molecular weight is 424 g/mol. The van der Waals surface area contributed by atoms with Crippen LogP contribution in [0.3, 0.4) is 0 Å². The Hall–Kier alpha value is -3.35. The summed E-state index contributed by atoms with van der Waals surface area (Å²) >= 11 is 0. The molecule has 1 fully saturated rings. The number of benzene rings is 2. The Labute approximate surface area is 182 Å². The lowest BCUT2D eigenvalue weighted by molar-refractivity contribution is -0.141. The Bertz CT molecular complexity index is 955. The van der Waals surface area contributed by atoms with E-state index in [-0.39, 0.29) is 30.6 Å². The first kappa shape index (κ1) is 22.3. The summed E-state index contributed by atoms with van der Waals surface area (Å²) in [5, 5.41) is 0. The molecule has 0 aliphatic carbocycles. The van der Waals surface area contributed by atoms with E-state index >= 15 is 0 Å². The number of hydrogen-bond acceptors (Lipinski definition) is 5. The largest absolute Gasteiger partial charge is 0.497 e. The molecule has 7 heteroatoms. The molecule has 0 radical (unpaired) electrons. The number of rotatable bonds is 8. The summed E-state index contributed by atoms with van der Waals surface area (Å²) in [6, 6.07) is 14.6. The van der Waals surface area contributed by atoms with Gasteiger partial charge in [0.05, 0.1) is 19.1 Å². The molecule has 2 aromatic rings. The number of likely N-dealkylation sites (tertiary alicyclic amines) is 1. The van der Waals surface area contributed by atoms with Crippen LogP contribution in [0.1, 0.15) is 24.0 Å². The minimum Gasteiger partial charge on any atom is -0.497 e. The van der Waals surface area contributed by atoms with Crippen LogP contribution in [0.15, 0.2) is 48.5 Å². The van der Waals surface area contributed by atoms with Crippen molar-refractivity contribution in [1.82, 2.24) is 9.80 Å². The quantitative estimate of drug-likeness (QED) is 0.609. The number of carbonyl (C=O) groups is 3. The smallest absolute Gasteiger partial charge is 0.240 e. The first-order valence-electron chi connectivity index (χ1n) is 10.2. The maximum Gasteiger partial charge on any atom is 0.240 e. The zero-order valence-electron chi connectivity index (χ0n) is 18.4. The van der Waals surface area contributed by atoms with Gasteiger partial charge in [-0.2, -0.15) is 0 Å². The number of nitrogens with zero attached hydrogens (tertiary/aromatic N) is 2. The topological polar surface area (TPSA) is 76.2 Å². The Morgan fingerprint density at radius 2 is 1.68 bits per heavy atom. The second-order valence-corrected chi connectivity index (χ2v) is 7.90. The SMILES string of the molecule is COc1ccc(C2(CC(=O)N(C)CCOc3ccc(C)cc3)CC(=O)N(C)C2=O)cc1. The van der Waals surface area contributed by atoms with Crippen LogP contribution < -0.4 is 9.47 Å². The highest BCUT2D eigenvalue weighted by atomic mass is 16.5. The molecule has 1 aliphatic heterocycles. The van der Waals surface area contributed by atoms with Gasteiger partial charge in [-0.25, -0.2) is 0 Å². The number of imide groups is 1. The molecule has 0 bridgehead atoms. The molecule has 0 N–H and O–H groups in total. The number of methoxy groups -OCH3 is 1. The number of likely N-dealkylation sites (N-methyl/N-ethyl adjacent to an activating group) is 2. The van der Waals surface area contributed by atoms with Gasteiger partial charge in [0.1, 0.15) is 18.1 Å². The summed E-state index contributed by atoms with van der Waals surface area (Å²) in [7, 11) is 4.69. The van der Waals surface area contributed by atoms with Gasteiger partial charge in [-0.1, -0.05) is 29.8 Å². The average Bonchev–Trinajstić information content (AvgIpc) is 2.99. The zero-order valence-corrected chi connectivity index (χ0v) is 18.4. The molecule has 3 amide bonds. The number of amides is 3. The van der Waals surface area contributed by atoms with Crippen LogP contribution in [0.4, 0.5) is 0 Å². The predicted octanol–water partition coefficient (Wildman–Crippen LogP) is 2.56. The van der Waals surface area contributed by atoms with E-state index in [9.17, 15) is 14.4 Å². The van der Waals surface area contributed by atoms with Crippen LogP contribution in [0.2, 0.25) is 0 Å². The van der Waals surface area contributed by atoms with Crippen molar-refractivity contribution in [3.63, 3.8) is 0 Å².